The number of hydrogen-bond acceptors (Lipinski definition) is 3. The summed E-state index contributed by atoms with van der Waals surface area (Å²) in [4.78, 5) is 28.6. The molecule has 2 saturated heterocycles. The predicted molar refractivity (Wildman–Crippen MR) is 105 cm³/mol. The van der Waals surface area contributed by atoms with Gasteiger partial charge in [0.2, 0.25) is 11.8 Å². The molecule has 7 heteroatoms. The van der Waals surface area contributed by atoms with Crippen LogP contribution in [0.2, 0.25) is 10.0 Å². The van der Waals surface area contributed by atoms with Gasteiger partial charge >= 0.3 is 0 Å². The lowest BCUT2D eigenvalue weighted by atomic mass is 9.95. The van der Waals surface area contributed by atoms with Gasteiger partial charge in [-0.05, 0) is 49.3 Å². The molecule has 0 spiro atoms. The maximum absolute atomic E-state index is 12.4. The van der Waals surface area contributed by atoms with Crippen molar-refractivity contribution < 1.29 is 9.59 Å². The summed E-state index contributed by atoms with van der Waals surface area (Å²) in [7, 11) is 0. The van der Waals surface area contributed by atoms with Crippen molar-refractivity contribution in [3.05, 3.63) is 33.8 Å². The van der Waals surface area contributed by atoms with Crippen molar-refractivity contribution in [2.24, 2.45) is 11.8 Å². The molecular formula is C19H22Cl2N2O2S. The Labute approximate surface area is 168 Å². The van der Waals surface area contributed by atoms with Crippen LogP contribution in [0.1, 0.15) is 36.6 Å². The van der Waals surface area contributed by atoms with Gasteiger partial charge in [0, 0.05) is 25.6 Å². The van der Waals surface area contributed by atoms with Crippen molar-refractivity contribution in [2.75, 3.05) is 25.4 Å². The summed E-state index contributed by atoms with van der Waals surface area (Å²) in [6.45, 7) is 2.40. The summed E-state index contributed by atoms with van der Waals surface area (Å²) < 4.78 is 0. The molecule has 2 aliphatic heterocycles. The topological polar surface area (TPSA) is 40.6 Å². The Kier molecular flexibility index (Phi) is 5.40. The molecule has 0 N–H and O–H groups in total. The van der Waals surface area contributed by atoms with Crippen LogP contribution < -0.4 is 0 Å². The van der Waals surface area contributed by atoms with Crippen molar-refractivity contribution in [3.63, 3.8) is 0 Å². The summed E-state index contributed by atoms with van der Waals surface area (Å²) in [6, 6.07) is 5.61. The number of likely N-dealkylation sites (tertiary alicyclic amines) is 1. The van der Waals surface area contributed by atoms with Crippen LogP contribution in [0.3, 0.4) is 0 Å². The van der Waals surface area contributed by atoms with Gasteiger partial charge in [-0.3, -0.25) is 9.59 Å². The van der Waals surface area contributed by atoms with Gasteiger partial charge in [0.25, 0.3) is 0 Å². The molecule has 26 heavy (non-hydrogen) atoms. The molecule has 4 rings (SSSR count). The van der Waals surface area contributed by atoms with Gasteiger partial charge in [0.15, 0.2) is 0 Å². The number of halogens is 2. The van der Waals surface area contributed by atoms with Gasteiger partial charge in [0.1, 0.15) is 5.37 Å². The zero-order valence-corrected chi connectivity index (χ0v) is 16.8. The number of carbonyl (C=O) groups is 2. The van der Waals surface area contributed by atoms with E-state index in [2.05, 4.69) is 0 Å². The molecular weight excluding hydrogens is 391 g/mol. The summed E-state index contributed by atoms with van der Waals surface area (Å²) in [5.74, 6) is 1.77. The first-order valence-corrected chi connectivity index (χ1v) is 11.0. The smallest absolute Gasteiger partial charge is 0.233 e. The van der Waals surface area contributed by atoms with Crippen molar-refractivity contribution in [2.45, 2.75) is 31.1 Å². The standard InChI is InChI=1S/C19H22Cl2N2O2S/c20-15-4-3-14(9-16(15)21)19-23(17(24)11-26-19)10-12-5-7-22(8-6-12)18(25)13-1-2-13/h3-4,9,12-13,19H,1-2,5-8,10-11H2. The molecule has 1 atom stereocenters. The SMILES string of the molecule is O=C(C1CC1)N1CCC(CN2C(=O)CSC2c2ccc(Cl)c(Cl)c2)CC1. The van der Waals surface area contributed by atoms with Crippen LogP contribution >= 0.6 is 35.0 Å². The monoisotopic (exact) mass is 412 g/mol. The Bertz CT molecular complexity index is 717. The van der Waals surface area contributed by atoms with Crippen molar-refractivity contribution in [1.82, 2.24) is 9.80 Å². The third-order valence-corrected chi connectivity index (χ3v) is 7.50. The Morgan fingerprint density at radius 3 is 2.50 bits per heavy atom. The minimum absolute atomic E-state index is 0.00314. The first-order valence-electron chi connectivity index (χ1n) is 9.17. The highest BCUT2D eigenvalue weighted by molar-refractivity contribution is 8.00. The zero-order valence-electron chi connectivity index (χ0n) is 14.5. The Balaban J connectivity index is 1.39. The molecule has 4 nitrogen and oxygen atoms in total. The number of thioether (sulfide) groups is 1. The van der Waals surface area contributed by atoms with Crippen molar-refractivity contribution in [3.8, 4) is 0 Å². The molecule has 140 valence electrons. The first-order chi connectivity index (χ1) is 12.5. The largest absolute Gasteiger partial charge is 0.342 e. The minimum atomic E-state index is 0.00314. The molecule has 1 aromatic carbocycles. The van der Waals surface area contributed by atoms with Gasteiger partial charge < -0.3 is 9.80 Å². The normalized spacial score (nSPS) is 24.4. The van der Waals surface area contributed by atoms with E-state index in [4.69, 9.17) is 23.2 Å². The lowest BCUT2D eigenvalue weighted by molar-refractivity contribution is -0.135. The van der Waals surface area contributed by atoms with Crippen LogP contribution in [0.4, 0.5) is 0 Å². The third-order valence-electron chi connectivity index (χ3n) is 5.50. The molecule has 2 heterocycles. The highest BCUT2D eigenvalue weighted by Crippen LogP contribution is 2.41. The van der Waals surface area contributed by atoms with Gasteiger partial charge in [-0.25, -0.2) is 0 Å². The molecule has 1 saturated carbocycles. The summed E-state index contributed by atoms with van der Waals surface area (Å²) in [5.41, 5.74) is 1.02. The summed E-state index contributed by atoms with van der Waals surface area (Å²) in [6.07, 6.45) is 4.06. The van der Waals surface area contributed by atoms with Crippen LogP contribution in [0.15, 0.2) is 18.2 Å². The van der Waals surface area contributed by atoms with Gasteiger partial charge in [-0.2, -0.15) is 0 Å². The second-order valence-corrected chi connectivity index (χ2v) is 9.31. The quantitative estimate of drug-likeness (QED) is 0.742. The fourth-order valence-electron chi connectivity index (χ4n) is 3.80. The van der Waals surface area contributed by atoms with Gasteiger partial charge in [-0.1, -0.05) is 29.3 Å². The zero-order chi connectivity index (χ0) is 18.3. The van der Waals surface area contributed by atoms with Crippen LogP contribution in [0.25, 0.3) is 0 Å². The molecule has 0 radical (unpaired) electrons. The number of hydrogen-bond donors (Lipinski definition) is 0. The lowest BCUT2D eigenvalue weighted by Gasteiger charge is -2.35. The number of amides is 2. The lowest BCUT2D eigenvalue weighted by Crippen LogP contribution is -2.42. The number of piperidine rings is 1. The number of carbonyl (C=O) groups excluding carboxylic acids is 2. The summed E-state index contributed by atoms with van der Waals surface area (Å²) in [5, 5.41) is 1.06. The fourth-order valence-corrected chi connectivity index (χ4v) is 5.29. The second kappa shape index (κ2) is 7.61. The van der Waals surface area contributed by atoms with E-state index in [1.54, 1.807) is 17.8 Å². The molecule has 3 aliphatic rings. The third kappa shape index (κ3) is 3.85. The second-order valence-electron chi connectivity index (χ2n) is 7.43. The first kappa shape index (κ1) is 18.5. The van der Waals surface area contributed by atoms with Gasteiger partial charge in [-0.15, -0.1) is 11.8 Å². The minimum Gasteiger partial charge on any atom is -0.342 e. The average Bonchev–Trinajstić information content (AvgIpc) is 3.43. The fraction of sp³-hybridized carbons (Fsp3) is 0.579. The molecule has 2 amide bonds. The van der Waals surface area contributed by atoms with E-state index >= 15 is 0 Å². The van der Waals surface area contributed by atoms with Crippen molar-refractivity contribution >= 4 is 46.8 Å². The number of nitrogens with zero attached hydrogens (tertiary/aromatic N) is 2. The maximum atomic E-state index is 12.4. The van der Waals surface area contributed by atoms with Crippen LogP contribution in [-0.4, -0.2) is 47.0 Å². The van der Waals surface area contributed by atoms with E-state index in [9.17, 15) is 9.59 Å². The van der Waals surface area contributed by atoms with Crippen LogP contribution in [0.5, 0.6) is 0 Å². The Morgan fingerprint density at radius 1 is 1.12 bits per heavy atom. The Hall–Kier alpha value is -0.910. The highest BCUT2D eigenvalue weighted by Gasteiger charge is 2.37. The number of rotatable bonds is 4. The average molecular weight is 413 g/mol. The molecule has 0 bridgehead atoms. The molecule has 0 aromatic heterocycles. The van der Waals surface area contributed by atoms with E-state index in [1.807, 2.05) is 21.9 Å². The maximum Gasteiger partial charge on any atom is 0.233 e. The number of benzene rings is 1. The van der Waals surface area contributed by atoms with Crippen LogP contribution in [-0.2, 0) is 9.59 Å². The van der Waals surface area contributed by atoms with Crippen LogP contribution in [0, 0.1) is 11.8 Å². The van der Waals surface area contributed by atoms with E-state index in [1.165, 1.54) is 0 Å². The Morgan fingerprint density at radius 2 is 1.85 bits per heavy atom. The molecule has 1 aromatic rings. The van der Waals surface area contributed by atoms with Crippen molar-refractivity contribution in [1.29, 1.82) is 0 Å². The van der Waals surface area contributed by atoms with E-state index in [-0.39, 0.29) is 11.3 Å². The molecule has 1 unspecified atom stereocenters. The summed E-state index contributed by atoms with van der Waals surface area (Å²) >= 11 is 13.8. The van der Waals surface area contributed by atoms with Gasteiger partial charge in [0.05, 0.1) is 15.8 Å². The van der Waals surface area contributed by atoms with E-state index < -0.39 is 0 Å². The molecule has 1 aliphatic carbocycles. The molecule has 3 fully saturated rings. The van der Waals surface area contributed by atoms with E-state index in [0.717, 1.165) is 50.9 Å². The predicted octanol–water partition coefficient (Wildman–Crippen LogP) is 4.22. The van der Waals surface area contributed by atoms with E-state index in [0.29, 0.717) is 33.5 Å². The highest BCUT2D eigenvalue weighted by atomic mass is 35.5.